The molecule has 1 aliphatic rings. The number of carbonyl (C=O) groups is 3. The maximum atomic E-state index is 11.6. The Morgan fingerprint density at radius 2 is 2.05 bits per heavy atom. The van der Waals surface area contributed by atoms with Crippen LogP contribution in [-0.4, -0.2) is 59.6 Å². The monoisotopic (exact) mass is 300 g/mol. The van der Waals surface area contributed by atoms with Crippen LogP contribution in [0.4, 0.5) is 4.79 Å². The second-order valence-corrected chi connectivity index (χ2v) is 5.16. The average Bonchev–Trinajstić information content (AvgIpc) is 3.23. The molecule has 8 nitrogen and oxygen atoms in total. The quantitative estimate of drug-likeness (QED) is 0.432. The van der Waals surface area contributed by atoms with E-state index in [0.29, 0.717) is 12.6 Å². The second kappa shape index (κ2) is 8.46. The van der Waals surface area contributed by atoms with Crippen molar-refractivity contribution in [2.24, 2.45) is 5.73 Å². The van der Waals surface area contributed by atoms with Crippen LogP contribution in [0.5, 0.6) is 0 Å². The molecule has 3 amide bonds. The first-order valence-electron chi connectivity index (χ1n) is 7.23. The summed E-state index contributed by atoms with van der Waals surface area (Å²) in [6.45, 7) is 4.21. The fourth-order valence-corrected chi connectivity index (χ4v) is 2.10. The van der Waals surface area contributed by atoms with E-state index in [0.717, 1.165) is 13.1 Å². The van der Waals surface area contributed by atoms with Gasteiger partial charge in [0.15, 0.2) is 0 Å². The molecular weight excluding hydrogens is 276 g/mol. The summed E-state index contributed by atoms with van der Waals surface area (Å²) in [7, 11) is 0. The largest absolute Gasteiger partial charge is 0.480 e. The van der Waals surface area contributed by atoms with Gasteiger partial charge in [-0.15, -0.1) is 0 Å². The Morgan fingerprint density at radius 1 is 1.38 bits per heavy atom. The van der Waals surface area contributed by atoms with Crippen molar-refractivity contribution in [3.05, 3.63) is 0 Å². The number of urea groups is 1. The molecule has 21 heavy (non-hydrogen) atoms. The lowest BCUT2D eigenvalue weighted by molar-refractivity contribution is -0.139. The van der Waals surface area contributed by atoms with Gasteiger partial charge < -0.3 is 21.5 Å². The van der Waals surface area contributed by atoms with Crippen LogP contribution in [0.1, 0.15) is 32.6 Å². The number of rotatable bonds is 10. The molecule has 0 aromatic heterocycles. The number of carboxylic acid groups (broad SMARTS) is 1. The van der Waals surface area contributed by atoms with Crippen molar-refractivity contribution in [3.63, 3.8) is 0 Å². The number of likely N-dealkylation sites (N-methyl/N-ethyl adjacent to an activating group) is 1. The maximum absolute atomic E-state index is 11.6. The first-order valence-corrected chi connectivity index (χ1v) is 7.23. The number of hydrogen-bond acceptors (Lipinski definition) is 4. The van der Waals surface area contributed by atoms with Gasteiger partial charge in [-0.1, -0.05) is 6.92 Å². The van der Waals surface area contributed by atoms with Gasteiger partial charge in [0.05, 0.1) is 0 Å². The van der Waals surface area contributed by atoms with E-state index in [1.807, 2.05) is 0 Å². The Labute approximate surface area is 124 Å². The topological polar surface area (TPSA) is 125 Å². The number of nitrogens with two attached hydrogens (primary N) is 1. The predicted octanol–water partition coefficient (Wildman–Crippen LogP) is -0.511. The Morgan fingerprint density at radius 3 is 2.52 bits per heavy atom. The molecule has 0 unspecified atom stereocenters. The number of amides is 3. The number of primary amides is 1. The van der Waals surface area contributed by atoms with Crippen molar-refractivity contribution < 1.29 is 19.5 Å². The highest BCUT2D eigenvalue weighted by Gasteiger charge is 2.27. The minimum absolute atomic E-state index is 0.0127. The predicted molar refractivity (Wildman–Crippen MR) is 76.7 cm³/mol. The molecule has 1 atom stereocenters. The summed E-state index contributed by atoms with van der Waals surface area (Å²) in [5.41, 5.74) is 4.97. The molecule has 0 aromatic carbocycles. The van der Waals surface area contributed by atoms with Gasteiger partial charge >= 0.3 is 12.0 Å². The summed E-state index contributed by atoms with van der Waals surface area (Å²) in [5.74, 6) is -1.77. The minimum atomic E-state index is -1.18. The minimum Gasteiger partial charge on any atom is -0.480 e. The summed E-state index contributed by atoms with van der Waals surface area (Å²) in [6.07, 6.45) is 2.31. The number of hydrogen-bond donors (Lipinski definition) is 4. The summed E-state index contributed by atoms with van der Waals surface area (Å²) < 4.78 is 0. The lowest BCUT2D eigenvalue weighted by Gasteiger charge is -2.20. The van der Waals surface area contributed by atoms with Crippen molar-refractivity contribution in [1.82, 2.24) is 15.5 Å². The van der Waals surface area contributed by atoms with E-state index in [9.17, 15) is 14.4 Å². The Balaban J connectivity index is 2.25. The first kappa shape index (κ1) is 17.2. The van der Waals surface area contributed by atoms with E-state index in [4.69, 9.17) is 10.8 Å². The van der Waals surface area contributed by atoms with Crippen LogP contribution in [0.2, 0.25) is 0 Å². The van der Waals surface area contributed by atoms with Crippen molar-refractivity contribution in [1.29, 1.82) is 0 Å². The molecule has 5 N–H and O–H groups in total. The molecule has 1 saturated carbocycles. The van der Waals surface area contributed by atoms with E-state index in [2.05, 4.69) is 22.5 Å². The molecule has 0 aliphatic heterocycles. The van der Waals surface area contributed by atoms with Crippen molar-refractivity contribution >= 4 is 17.9 Å². The molecule has 0 saturated heterocycles. The molecule has 8 heteroatoms. The van der Waals surface area contributed by atoms with Gasteiger partial charge in [-0.2, -0.15) is 0 Å². The van der Waals surface area contributed by atoms with Gasteiger partial charge in [0.2, 0.25) is 5.91 Å². The van der Waals surface area contributed by atoms with E-state index < -0.39 is 23.9 Å². The van der Waals surface area contributed by atoms with Crippen molar-refractivity contribution in [3.8, 4) is 0 Å². The summed E-state index contributed by atoms with van der Waals surface area (Å²) in [6, 6.07) is -1.02. The molecule has 0 radical (unpaired) electrons. The highest BCUT2D eigenvalue weighted by atomic mass is 16.4. The Kier molecular flexibility index (Phi) is 6.93. The zero-order chi connectivity index (χ0) is 15.8. The van der Waals surface area contributed by atoms with Gasteiger partial charge in [-0.25, -0.2) is 9.59 Å². The highest BCUT2D eigenvalue weighted by Crippen LogP contribution is 2.25. The van der Waals surface area contributed by atoms with Crippen molar-refractivity contribution in [2.45, 2.75) is 44.7 Å². The molecule has 0 aromatic rings. The SMILES string of the molecule is CCN(CCNC(=O)N[C@@H](CCC(N)=O)C(=O)O)C1CC1. The van der Waals surface area contributed by atoms with E-state index in [1.54, 1.807) is 0 Å². The number of carbonyl (C=O) groups excluding carboxylic acids is 2. The van der Waals surface area contributed by atoms with Gasteiger partial charge in [0.25, 0.3) is 0 Å². The Hall–Kier alpha value is -1.83. The molecule has 0 spiro atoms. The van der Waals surface area contributed by atoms with Crippen LogP contribution < -0.4 is 16.4 Å². The fraction of sp³-hybridized carbons (Fsp3) is 0.769. The molecule has 0 bridgehead atoms. The summed E-state index contributed by atoms with van der Waals surface area (Å²) in [4.78, 5) is 35.5. The zero-order valence-corrected chi connectivity index (χ0v) is 12.3. The second-order valence-electron chi connectivity index (χ2n) is 5.16. The lowest BCUT2D eigenvalue weighted by atomic mass is 10.1. The molecule has 1 aliphatic carbocycles. The third kappa shape index (κ3) is 6.94. The summed E-state index contributed by atoms with van der Waals surface area (Å²) in [5, 5.41) is 13.9. The number of aliphatic carboxylic acids is 1. The van der Waals surface area contributed by atoms with Crippen LogP contribution in [0, 0.1) is 0 Å². The first-order chi connectivity index (χ1) is 9.93. The van der Waals surface area contributed by atoms with Crippen molar-refractivity contribution in [2.75, 3.05) is 19.6 Å². The number of carboxylic acids is 1. The highest BCUT2D eigenvalue weighted by molar-refractivity contribution is 5.83. The van der Waals surface area contributed by atoms with E-state index in [-0.39, 0.29) is 12.8 Å². The van der Waals surface area contributed by atoms with Gasteiger partial charge in [0, 0.05) is 25.6 Å². The van der Waals surface area contributed by atoms with Gasteiger partial charge in [-0.05, 0) is 25.8 Å². The lowest BCUT2D eigenvalue weighted by Crippen LogP contribution is -2.48. The molecular formula is C13H24N4O4. The third-order valence-corrected chi connectivity index (χ3v) is 3.44. The summed E-state index contributed by atoms with van der Waals surface area (Å²) >= 11 is 0. The molecule has 1 fully saturated rings. The van der Waals surface area contributed by atoms with E-state index in [1.165, 1.54) is 12.8 Å². The third-order valence-electron chi connectivity index (χ3n) is 3.44. The Bertz CT molecular complexity index is 384. The average molecular weight is 300 g/mol. The number of nitrogens with zero attached hydrogens (tertiary/aromatic N) is 1. The van der Waals surface area contributed by atoms with E-state index >= 15 is 0 Å². The van der Waals surface area contributed by atoms with Crippen LogP contribution in [0.15, 0.2) is 0 Å². The van der Waals surface area contributed by atoms with Gasteiger partial charge in [0.1, 0.15) is 6.04 Å². The standard InChI is InChI=1S/C13H24N4O4/c1-2-17(9-3-4-9)8-7-15-13(21)16-10(12(19)20)5-6-11(14)18/h9-10H,2-8H2,1H3,(H2,14,18)(H,19,20)(H2,15,16,21)/t10-/m0/s1. The molecule has 1 rings (SSSR count). The fourth-order valence-electron chi connectivity index (χ4n) is 2.10. The smallest absolute Gasteiger partial charge is 0.326 e. The maximum Gasteiger partial charge on any atom is 0.326 e. The van der Waals surface area contributed by atoms with Crippen LogP contribution in [0.3, 0.4) is 0 Å². The van der Waals surface area contributed by atoms with Crippen LogP contribution in [0.25, 0.3) is 0 Å². The van der Waals surface area contributed by atoms with Crippen LogP contribution >= 0.6 is 0 Å². The van der Waals surface area contributed by atoms with Crippen LogP contribution in [-0.2, 0) is 9.59 Å². The zero-order valence-electron chi connectivity index (χ0n) is 12.3. The molecule has 120 valence electrons. The number of nitrogens with one attached hydrogen (secondary N) is 2. The normalized spacial score (nSPS) is 15.5. The van der Waals surface area contributed by atoms with Gasteiger partial charge in [-0.3, -0.25) is 9.69 Å². The molecule has 0 heterocycles.